The number of aromatic nitrogens is 1. The summed E-state index contributed by atoms with van der Waals surface area (Å²) in [5, 5.41) is 2.63. The quantitative estimate of drug-likeness (QED) is 0.447. The minimum Gasteiger partial charge on any atom is -0.340 e. The predicted octanol–water partition coefficient (Wildman–Crippen LogP) is 2.53. The average molecular weight is 254 g/mol. The van der Waals surface area contributed by atoms with E-state index in [1.165, 1.54) is 0 Å². The fraction of sp³-hybridized carbons (Fsp3) is 0. The Hall–Kier alpha value is -2.28. The second-order valence-electron chi connectivity index (χ2n) is 3.43. The monoisotopic (exact) mass is 254 g/mol. The molecule has 0 fully saturated rings. The molecule has 94 valence electrons. The van der Waals surface area contributed by atoms with E-state index in [4.69, 9.17) is 5.84 Å². The second-order valence-corrected chi connectivity index (χ2v) is 3.43. The van der Waals surface area contributed by atoms with Crippen molar-refractivity contribution in [2.24, 2.45) is 5.84 Å². The van der Waals surface area contributed by atoms with Crippen LogP contribution in [0.4, 0.5) is 30.5 Å². The maximum Gasteiger partial charge on any atom is 0.194 e. The topological polar surface area (TPSA) is 63.0 Å². The molecule has 0 saturated heterocycles. The lowest BCUT2D eigenvalue weighted by Gasteiger charge is -2.08. The molecule has 0 amide bonds. The van der Waals surface area contributed by atoms with E-state index in [0.29, 0.717) is 11.6 Å². The van der Waals surface area contributed by atoms with Crippen molar-refractivity contribution in [3.63, 3.8) is 0 Å². The Bertz CT molecular complexity index is 551. The molecule has 0 aliphatic heterocycles. The van der Waals surface area contributed by atoms with Crippen LogP contribution in [0.3, 0.4) is 0 Å². The van der Waals surface area contributed by atoms with E-state index in [9.17, 15) is 13.2 Å². The number of hydrazine groups is 1. The van der Waals surface area contributed by atoms with Gasteiger partial charge in [0.2, 0.25) is 0 Å². The van der Waals surface area contributed by atoms with E-state index in [1.54, 1.807) is 18.2 Å². The lowest BCUT2D eigenvalue weighted by Crippen LogP contribution is -2.09. The smallest absolute Gasteiger partial charge is 0.194 e. The number of halogens is 3. The van der Waals surface area contributed by atoms with Crippen molar-refractivity contribution in [3.8, 4) is 0 Å². The molecule has 0 spiro atoms. The molecule has 18 heavy (non-hydrogen) atoms. The summed E-state index contributed by atoms with van der Waals surface area (Å²) >= 11 is 0. The van der Waals surface area contributed by atoms with Crippen molar-refractivity contribution in [1.82, 2.24) is 4.98 Å². The minimum absolute atomic E-state index is 0.0491. The van der Waals surface area contributed by atoms with Crippen molar-refractivity contribution in [3.05, 3.63) is 47.8 Å². The van der Waals surface area contributed by atoms with Crippen molar-refractivity contribution in [1.29, 1.82) is 0 Å². The number of nitrogens with two attached hydrogens (primary N) is 1. The molecule has 0 aliphatic rings. The van der Waals surface area contributed by atoms with Crippen LogP contribution in [0.2, 0.25) is 0 Å². The van der Waals surface area contributed by atoms with Crippen LogP contribution < -0.4 is 16.6 Å². The third-order valence-electron chi connectivity index (χ3n) is 2.15. The molecular formula is C11H9F3N4. The zero-order valence-electron chi connectivity index (χ0n) is 9.05. The Morgan fingerprint density at radius 1 is 1.00 bits per heavy atom. The van der Waals surface area contributed by atoms with Gasteiger partial charge >= 0.3 is 0 Å². The number of rotatable bonds is 3. The highest BCUT2D eigenvalue weighted by Gasteiger charge is 2.10. The van der Waals surface area contributed by atoms with Crippen LogP contribution in [0.15, 0.2) is 30.3 Å². The van der Waals surface area contributed by atoms with Crippen LogP contribution in [0.1, 0.15) is 0 Å². The largest absolute Gasteiger partial charge is 0.340 e. The van der Waals surface area contributed by atoms with Gasteiger partial charge in [-0.25, -0.2) is 24.0 Å². The highest BCUT2D eigenvalue weighted by Crippen LogP contribution is 2.21. The molecule has 0 atom stereocenters. The van der Waals surface area contributed by atoms with Gasteiger partial charge in [0.25, 0.3) is 0 Å². The van der Waals surface area contributed by atoms with Crippen molar-refractivity contribution < 1.29 is 13.2 Å². The van der Waals surface area contributed by atoms with Crippen LogP contribution in [-0.4, -0.2) is 4.98 Å². The van der Waals surface area contributed by atoms with Crippen LogP contribution in [0.5, 0.6) is 0 Å². The third-order valence-corrected chi connectivity index (χ3v) is 2.15. The van der Waals surface area contributed by atoms with Gasteiger partial charge in [0.05, 0.1) is 0 Å². The van der Waals surface area contributed by atoms with Gasteiger partial charge in [0.1, 0.15) is 11.6 Å². The maximum atomic E-state index is 13.0. The Kier molecular flexibility index (Phi) is 3.33. The Morgan fingerprint density at radius 2 is 1.61 bits per heavy atom. The normalized spacial score (nSPS) is 10.2. The number of pyridine rings is 1. The lowest BCUT2D eigenvalue weighted by molar-refractivity contribution is 0.448. The summed E-state index contributed by atoms with van der Waals surface area (Å²) < 4.78 is 38.7. The molecule has 4 nitrogen and oxygen atoms in total. The summed E-state index contributed by atoms with van der Waals surface area (Å²) in [6, 6.07) is 6.49. The SMILES string of the molecule is NNc1cccc(Nc2cc(F)c(F)c(F)c2)n1. The highest BCUT2D eigenvalue weighted by molar-refractivity contribution is 5.58. The molecule has 1 aromatic carbocycles. The molecule has 0 aliphatic carbocycles. The first-order valence-electron chi connectivity index (χ1n) is 4.95. The Labute approximate surface area is 101 Å². The summed E-state index contributed by atoms with van der Waals surface area (Å²) in [5.74, 6) is 1.81. The van der Waals surface area contributed by atoms with Crippen LogP contribution >= 0.6 is 0 Å². The molecule has 1 aromatic heterocycles. The van der Waals surface area contributed by atoms with Gasteiger partial charge in [-0.05, 0) is 12.1 Å². The third kappa shape index (κ3) is 2.51. The standard InChI is InChI=1S/C11H9F3N4/c12-7-4-6(5-8(13)11(7)14)16-9-2-1-3-10(17-9)18-15/h1-5H,15H2,(H2,16,17,18). The Balaban J connectivity index is 2.28. The van der Waals surface area contributed by atoms with Gasteiger partial charge < -0.3 is 10.7 Å². The number of nitrogens with one attached hydrogen (secondary N) is 2. The van der Waals surface area contributed by atoms with E-state index in [1.807, 2.05) is 0 Å². The molecule has 0 unspecified atom stereocenters. The average Bonchev–Trinajstić information content (AvgIpc) is 2.36. The first-order valence-corrected chi connectivity index (χ1v) is 4.95. The van der Waals surface area contributed by atoms with E-state index in [-0.39, 0.29) is 5.69 Å². The molecule has 0 radical (unpaired) electrons. The summed E-state index contributed by atoms with van der Waals surface area (Å²) in [7, 11) is 0. The number of benzene rings is 1. The zero-order chi connectivity index (χ0) is 13.1. The summed E-state index contributed by atoms with van der Waals surface area (Å²) in [6.45, 7) is 0. The number of nitrogen functional groups attached to an aromatic ring is 1. The minimum atomic E-state index is -1.51. The molecule has 2 aromatic rings. The van der Waals surface area contributed by atoms with Crippen LogP contribution in [-0.2, 0) is 0 Å². The van der Waals surface area contributed by atoms with Gasteiger partial charge in [-0.3, -0.25) is 0 Å². The number of nitrogens with zero attached hydrogens (tertiary/aromatic N) is 1. The van der Waals surface area contributed by atoms with Crippen molar-refractivity contribution in [2.45, 2.75) is 0 Å². The van der Waals surface area contributed by atoms with Gasteiger partial charge in [-0.2, -0.15) is 0 Å². The molecule has 0 saturated carbocycles. The number of hydrogen-bond acceptors (Lipinski definition) is 4. The van der Waals surface area contributed by atoms with Crippen LogP contribution in [0, 0.1) is 17.5 Å². The predicted molar refractivity (Wildman–Crippen MR) is 61.6 cm³/mol. The second kappa shape index (κ2) is 4.92. The van der Waals surface area contributed by atoms with E-state index in [0.717, 1.165) is 12.1 Å². The Morgan fingerprint density at radius 3 is 2.22 bits per heavy atom. The van der Waals surface area contributed by atoms with Crippen molar-refractivity contribution >= 4 is 17.3 Å². The molecule has 2 rings (SSSR count). The molecule has 1 heterocycles. The maximum absolute atomic E-state index is 13.0. The molecular weight excluding hydrogens is 245 g/mol. The highest BCUT2D eigenvalue weighted by atomic mass is 19.2. The first-order chi connectivity index (χ1) is 8.60. The fourth-order valence-electron chi connectivity index (χ4n) is 1.36. The summed E-state index contributed by atoms with van der Waals surface area (Å²) in [4.78, 5) is 3.98. The fourth-order valence-corrected chi connectivity index (χ4v) is 1.36. The van der Waals surface area contributed by atoms with Gasteiger partial charge in [0, 0.05) is 17.8 Å². The first kappa shape index (κ1) is 12.2. The zero-order valence-corrected chi connectivity index (χ0v) is 9.05. The molecule has 7 heteroatoms. The molecule has 4 N–H and O–H groups in total. The van der Waals surface area contributed by atoms with Crippen molar-refractivity contribution in [2.75, 3.05) is 10.7 Å². The van der Waals surface area contributed by atoms with E-state index >= 15 is 0 Å². The summed E-state index contributed by atoms with van der Waals surface area (Å²) in [6.07, 6.45) is 0. The van der Waals surface area contributed by atoms with Gasteiger partial charge in [-0.1, -0.05) is 6.07 Å². The van der Waals surface area contributed by atoms with E-state index < -0.39 is 17.5 Å². The van der Waals surface area contributed by atoms with Gasteiger partial charge in [0.15, 0.2) is 17.5 Å². The van der Waals surface area contributed by atoms with E-state index in [2.05, 4.69) is 15.7 Å². The molecule has 0 bridgehead atoms. The van der Waals surface area contributed by atoms with Crippen LogP contribution in [0.25, 0.3) is 0 Å². The summed E-state index contributed by atoms with van der Waals surface area (Å²) in [5.41, 5.74) is 2.37. The number of hydrogen-bond donors (Lipinski definition) is 3. The van der Waals surface area contributed by atoms with Gasteiger partial charge in [-0.15, -0.1) is 0 Å². The number of anilines is 3. The lowest BCUT2D eigenvalue weighted by atomic mass is 10.3.